The minimum atomic E-state index is -0.705. The normalized spacial score (nSPS) is 13.1. The summed E-state index contributed by atoms with van der Waals surface area (Å²) in [6.07, 6.45) is 1.24. The van der Waals surface area contributed by atoms with Crippen LogP contribution in [0.4, 0.5) is 0 Å². The smallest absolute Gasteiger partial charge is 0.255 e. The van der Waals surface area contributed by atoms with Crippen molar-refractivity contribution in [1.29, 1.82) is 0 Å². The van der Waals surface area contributed by atoms with Crippen molar-refractivity contribution in [2.75, 3.05) is 6.54 Å². The number of nitrogens with two attached hydrogens (primary N) is 2. The molecule has 0 aromatic heterocycles. The summed E-state index contributed by atoms with van der Waals surface area (Å²) in [4.78, 5) is 10.2. The van der Waals surface area contributed by atoms with Crippen LogP contribution in [-0.2, 0) is 4.79 Å². The third kappa shape index (κ3) is 3.93. The summed E-state index contributed by atoms with van der Waals surface area (Å²) in [6.45, 7) is 0.529. The fraction of sp³-hybridized carbons (Fsp3) is 0.800. The van der Waals surface area contributed by atoms with Crippen LogP contribution in [0.3, 0.4) is 0 Å². The molecule has 1 unspecified atom stereocenters. The summed E-state index contributed by atoms with van der Waals surface area (Å²) in [5, 5.41) is 0. The Morgan fingerprint density at radius 2 is 2.22 bits per heavy atom. The summed E-state index contributed by atoms with van der Waals surface area (Å²) in [5.41, 5.74) is 16.9. The van der Waals surface area contributed by atoms with Gasteiger partial charge < -0.3 is 11.5 Å². The van der Waals surface area contributed by atoms with E-state index in [4.69, 9.17) is 17.2 Å². The molecule has 5 N–H and O–H groups in total. The maximum Gasteiger partial charge on any atom is 0.255 e. The van der Waals surface area contributed by atoms with Gasteiger partial charge in [0.1, 0.15) is 0 Å². The first-order valence-electron chi connectivity index (χ1n) is 2.89. The Hall–Kier alpha value is -0.610. The molecule has 1 radical (unpaired) electrons. The molecule has 1 amide bonds. The summed E-state index contributed by atoms with van der Waals surface area (Å²) in [6, 6.07) is -0.631. The fourth-order valence-electron chi connectivity index (χ4n) is 0.469. The fourth-order valence-corrected chi connectivity index (χ4v) is 0.469. The molecular formula is C5H12N3O. The number of carbonyl (C=O) groups is 1. The van der Waals surface area contributed by atoms with Crippen molar-refractivity contribution in [2.24, 2.45) is 11.5 Å². The molecule has 0 saturated heterocycles. The SMILES string of the molecule is [NH]C(=O)C(N)CCCN. The van der Waals surface area contributed by atoms with Crippen LogP contribution in [0.15, 0.2) is 0 Å². The zero-order chi connectivity index (χ0) is 7.28. The van der Waals surface area contributed by atoms with Crippen LogP contribution in [0, 0.1) is 0 Å². The molecule has 0 heterocycles. The number of nitrogens with one attached hydrogen (secondary N) is 1. The second-order valence-electron chi connectivity index (χ2n) is 1.90. The van der Waals surface area contributed by atoms with E-state index in [0.717, 1.165) is 0 Å². The van der Waals surface area contributed by atoms with Gasteiger partial charge >= 0.3 is 0 Å². The van der Waals surface area contributed by atoms with Gasteiger partial charge in [-0.2, -0.15) is 0 Å². The maximum atomic E-state index is 10.2. The van der Waals surface area contributed by atoms with Gasteiger partial charge in [0.15, 0.2) is 0 Å². The van der Waals surface area contributed by atoms with E-state index >= 15 is 0 Å². The van der Waals surface area contributed by atoms with Crippen LogP contribution in [0.1, 0.15) is 12.8 Å². The third-order valence-corrected chi connectivity index (χ3v) is 1.06. The summed E-state index contributed by atoms with van der Waals surface area (Å²) in [5.74, 6) is -0.705. The van der Waals surface area contributed by atoms with E-state index in [0.29, 0.717) is 19.4 Å². The van der Waals surface area contributed by atoms with Crippen molar-refractivity contribution in [2.45, 2.75) is 18.9 Å². The predicted octanol–water partition coefficient (Wildman–Crippen LogP) is -1.14. The molecule has 4 heteroatoms. The standard InChI is InChI=1S/C5H12N3O/c6-3-1-2-4(7)5(8)9/h4,8H,1-3,6-7H2. The van der Waals surface area contributed by atoms with Gasteiger partial charge in [0, 0.05) is 0 Å². The highest BCUT2D eigenvalue weighted by Gasteiger charge is 2.07. The first-order valence-corrected chi connectivity index (χ1v) is 2.89. The van der Waals surface area contributed by atoms with E-state index in [1.165, 1.54) is 0 Å². The Bertz CT molecular complexity index is 94.2. The van der Waals surface area contributed by atoms with Crippen LogP contribution in [0.25, 0.3) is 0 Å². The molecule has 0 aliphatic rings. The van der Waals surface area contributed by atoms with Crippen molar-refractivity contribution in [1.82, 2.24) is 5.73 Å². The van der Waals surface area contributed by atoms with Crippen molar-refractivity contribution in [3.8, 4) is 0 Å². The van der Waals surface area contributed by atoms with Crippen LogP contribution in [0.2, 0.25) is 0 Å². The third-order valence-electron chi connectivity index (χ3n) is 1.06. The van der Waals surface area contributed by atoms with Gasteiger partial charge in [-0.3, -0.25) is 10.5 Å². The Morgan fingerprint density at radius 1 is 1.67 bits per heavy atom. The Labute approximate surface area is 54.4 Å². The Balaban J connectivity index is 3.27. The molecule has 0 saturated carbocycles. The molecule has 0 bridgehead atoms. The molecule has 4 nitrogen and oxygen atoms in total. The minimum absolute atomic E-state index is 0.527. The van der Waals surface area contributed by atoms with Crippen LogP contribution in [-0.4, -0.2) is 18.5 Å². The average Bonchev–Trinajstić information content (AvgIpc) is 1.82. The average molecular weight is 130 g/mol. The lowest BCUT2D eigenvalue weighted by atomic mass is 10.1. The van der Waals surface area contributed by atoms with Gasteiger partial charge in [0.05, 0.1) is 6.04 Å². The monoisotopic (exact) mass is 130 g/mol. The molecule has 0 rings (SSSR count). The zero-order valence-electron chi connectivity index (χ0n) is 5.26. The van der Waals surface area contributed by atoms with E-state index < -0.39 is 11.9 Å². The minimum Gasteiger partial charge on any atom is -0.330 e. The van der Waals surface area contributed by atoms with Gasteiger partial charge in [-0.05, 0) is 19.4 Å². The molecular weight excluding hydrogens is 118 g/mol. The lowest BCUT2D eigenvalue weighted by Gasteiger charge is -2.02. The van der Waals surface area contributed by atoms with Crippen molar-refractivity contribution < 1.29 is 4.79 Å². The van der Waals surface area contributed by atoms with E-state index in [1.807, 2.05) is 0 Å². The largest absolute Gasteiger partial charge is 0.330 e. The van der Waals surface area contributed by atoms with E-state index in [9.17, 15) is 4.79 Å². The van der Waals surface area contributed by atoms with Crippen molar-refractivity contribution in [3.05, 3.63) is 0 Å². The number of carbonyl (C=O) groups excluding carboxylic acids is 1. The highest BCUT2D eigenvalue weighted by Crippen LogP contribution is 1.90. The van der Waals surface area contributed by atoms with Crippen LogP contribution >= 0.6 is 0 Å². The molecule has 53 valence electrons. The van der Waals surface area contributed by atoms with Crippen molar-refractivity contribution >= 4 is 5.91 Å². The maximum absolute atomic E-state index is 10.2. The van der Waals surface area contributed by atoms with Gasteiger partial charge in [-0.15, -0.1) is 0 Å². The second-order valence-corrected chi connectivity index (χ2v) is 1.90. The zero-order valence-corrected chi connectivity index (χ0v) is 5.26. The lowest BCUT2D eigenvalue weighted by Crippen LogP contribution is -2.31. The first-order chi connectivity index (χ1) is 4.18. The Morgan fingerprint density at radius 3 is 2.56 bits per heavy atom. The van der Waals surface area contributed by atoms with E-state index in [1.54, 1.807) is 0 Å². The van der Waals surface area contributed by atoms with Gasteiger partial charge in [-0.1, -0.05) is 0 Å². The van der Waals surface area contributed by atoms with Crippen LogP contribution in [0.5, 0.6) is 0 Å². The number of amides is 1. The van der Waals surface area contributed by atoms with Gasteiger partial charge in [-0.25, -0.2) is 0 Å². The summed E-state index contributed by atoms with van der Waals surface area (Å²) < 4.78 is 0. The summed E-state index contributed by atoms with van der Waals surface area (Å²) in [7, 11) is 0. The second kappa shape index (κ2) is 4.29. The van der Waals surface area contributed by atoms with Gasteiger partial charge in [0.25, 0.3) is 5.91 Å². The Kier molecular flexibility index (Phi) is 4.00. The molecule has 0 aliphatic heterocycles. The predicted molar refractivity (Wildman–Crippen MR) is 34.4 cm³/mol. The number of hydrogen-bond acceptors (Lipinski definition) is 3. The van der Waals surface area contributed by atoms with Crippen molar-refractivity contribution in [3.63, 3.8) is 0 Å². The molecule has 0 aliphatic carbocycles. The van der Waals surface area contributed by atoms with Gasteiger partial charge in [0.2, 0.25) is 0 Å². The molecule has 0 fully saturated rings. The number of rotatable bonds is 4. The number of hydrogen-bond donors (Lipinski definition) is 2. The molecule has 0 aromatic rings. The quantitative estimate of drug-likeness (QED) is 0.503. The topological polar surface area (TPSA) is 92.9 Å². The van der Waals surface area contributed by atoms with Crippen LogP contribution < -0.4 is 17.2 Å². The summed E-state index contributed by atoms with van der Waals surface area (Å²) >= 11 is 0. The molecule has 9 heavy (non-hydrogen) atoms. The van der Waals surface area contributed by atoms with E-state index in [-0.39, 0.29) is 0 Å². The first kappa shape index (κ1) is 8.39. The molecule has 0 spiro atoms. The lowest BCUT2D eigenvalue weighted by molar-refractivity contribution is -0.120. The molecule has 0 aromatic carbocycles. The highest BCUT2D eigenvalue weighted by atomic mass is 16.1. The van der Waals surface area contributed by atoms with E-state index in [2.05, 4.69) is 0 Å². The molecule has 1 atom stereocenters. The highest BCUT2D eigenvalue weighted by molar-refractivity contribution is 5.78.